The summed E-state index contributed by atoms with van der Waals surface area (Å²) in [5.41, 5.74) is 13.0. The van der Waals surface area contributed by atoms with Crippen LogP contribution in [0, 0.1) is 0 Å². The maximum absolute atomic E-state index is 2.44. The Morgan fingerprint density at radius 2 is 1.11 bits per heavy atom. The molecule has 0 N–H and O–H groups in total. The average Bonchev–Trinajstić information content (AvgIpc) is 3.11. The highest BCUT2D eigenvalue weighted by Gasteiger charge is 2.46. The van der Waals surface area contributed by atoms with Crippen LogP contribution in [-0.4, -0.2) is 14.1 Å². The Morgan fingerprint density at radius 1 is 0.587 bits per heavy atom. The number of nitrogens with zero attached hydrogens (tertiary/aromatic N) is 2. The van der Waals surface area contributed by atoms with Crippen LogP contribution >= 0.6 is 0 Å². The first-order chi connectivity index (χ1) is 22.4. The van der Waals surface area contributed by atoms with E-state index in [9.17, 15) is 0 Å². The summed E-state index contributed by atoms with van der Waals surface area (Å²) in [6.07, 6.45) is 18.2. The van der Waals surface area contributed by atoms with Crippen molar-refractivity contribution in [2.75, 3.05) is 23.9 Å². The second-order valence-corrected chi connectivity index (χ2v) is 12.8. The van der Waals surface area contributed by atoms with Crippen LogP contribution in [0.1, 0.15) is 62.8 Å². The minimum absolute atomic E-state index is 0.0830. The van der Waals surface area contributed by atoms with Gasteiger partial charge in [-0.1, -0.05) is 135 Å². The molecule has 232 valence electrons. The molecule has 7 rings (SSSR count). The molecule has 1 unspecified atom stereocenters. The van der Waals surface area contributed by atoms with Crippen LogP contribution in [0.5, 0.6) is 0 Å². The molecule has 0 amide bonds. The van der Waals surface area contributed by atoms with Gasteiger partial charge < -0.3 is 9.80 Å². The maximum Gasteiger partial charge on any atom is 0.0738 e. The van der Waals surface area contributed by atoms with Crippen LogP contribution < -0.4 is 9.80 Å². The third-order valence-corrected chi connectivity index (χ3v) is 9.88. The fourth-order valence-electron chi connectivity index (χ4n) is 7.70. The molecular weight excluding hydrogens is 556 g/mol. The topological polar surface area (TPSA) is 6.48 Å². The molecule has 0 saturated heterocycles. The molecule has 0 saturated carbocycles. The Bertz CT molecular complexity index is 1820. The summed E-state index contributed by atoms with van der Waals surface area (Å²) >= 11 is 0. The average molecular weight is 603 g/mol. The number of rotatable bonds is 4. The van der Waals surface area contributed by atoms with Gasteiger partial charge in [-0.25, -0.2) is 0 Å². The Kier molecular flexibility index (Phi) is 8.73. The second-order valence-electron chi connectivity index (χ2n) is 12.8. The van der Waals surface area contributed by atoms with E-state index in [-0.39, 0.29) is 10.8 Å². The monoisotopic (exact) mass is 602 g/mol. The molecule has 0 radical (unpaired) electrons. The van der Waals surface area contributed by atoms with Crippen molar-refractivity contribution in [1.29, 1.82) is 0 Å². The molecule has 4 aromatic carbocycles. The quantitative estimate of drug-likeness (QED) is 0.229. The normalized spacial score (nSPS) is 19.7. The summed E-state index contributed by atoms with van der Waals surface area (Å²) in [4.78, 5) is 4.62. The number of allylic oxidation sites excluding steroid dienone is 9. The third-order valence-electron chi connectivity index (χ3n) is 9.88. The minimum atomic E-state index is -0.331. The summed E-state index contributed by atoms with van der Waals surface area (Å²) in [5.74, 6) is 0. The van der Waals surface area contributed by atoms with Gasteiger partial charge in [0, 0.05) is 42.3 Å². The number of fused-ring (bicyclic) bond motifs is 3. The smallest absolute Gasteiger partial charge is 0.0738 e. The molecule has 2 aliphatic heterocycles. The lowest BCUT2D eigenvalue weighted by molar-refractivity contribution is 0.629. The van der Waals surface area contributed by atoms with E-state index in [0.29, 0.717) is 0 Å². The van der Waals surface area contributed by atoms with Gasteiger partial charge in [-0.3, -0.25) is 0 Å². The minimum Gasteiger partial charge on any atom is -0.344 e. The summed E-state index contributed by atoms with van der Waals surface area (Å²) in [7, 11) is 4.32. The highest BCUT2D eigenvalue weighted by molar-refractivity contribution is 5.79. The highest BCUT2D eigenvalue weighted by Crippen LogP contribution is 2.55. The fourth-order valence-corrected chi connectivity index (χ4v) is 7.70. The molecule has 2 heteroatoms. The summed E-state index contributed by atoms with van der Waals surface area (Å²) in [5, 5.41) is 0. The predicted octanol–water partition coefficient (Wildman–Crippen LogP) is 11.2. The van der Waals surface area contributed by atoms with Gasteiger partial charge in [0.2, 0.25) is 0 Å². The van der Waals surface area contributed by atoms with E-state index in [2.05, 4.69) is 197 Å². The van der Waals surface area contributed by atoms with Crippen LogP contribution in [0.25, 0.3) is 0 Å². The van der Waals surface area contributed by atoms with Crippen LogP contribution in [0.4, 0.5) is 17.1 Å². The van der Waals surface area contributed by atoms with Crippen LogP contribution in [0.3, 0.4) is 0 Å². The van der Waals surface area contributed by atoms with Gasteiger partial charge in [0.25, 0.3) is 0 Å². The number of hydrogen-bond donors (Lipinski definition) is 0. The van der Waals surface area contributed by atoms with Crippen molar-refractivity contribution in [3.05, 3.63) is 185 Å². The van der Waals surface area contributed by atoms with E-state index in [4.69, 9.17) is 0 Å². The Morgan fingerprint density at radius 3 is 1.65 bits per heavy atom. The van der Waals surface area contributed by atoms with E-state index in [0.717, 1.165) is 12.8 Å². The Hall–Kier alpha value is -4.82. The zero-order chi connectivity index (χ0) is 32.3. The highest BCUT2D eigenvalue weighted by atomic mass is 15.1. The van der Waals surface area contributed by atoms with E-state index >= 15 is 0 Å². The van der Waals surface area contributed by atoms with Gasteiger partial charge in [-0.2, -0.15) is 0 Å². The lowest BCUT2D eigenvalue weighted by Crippen LogP contribution is -2.40. The molecule has 1 atom stereocenters. The Balaban J connectivity index is 0.000000185. The van der Waals surface area contributed by atoms with E-state index < -0.39 is 0 Å². The standard InChI is InChI=1S/C28H29N.C16H17N/c1-4-14-24-26(15-5-2)29(3)27-21-13-12-20-25(27)28(24,22-16-8-6-9-17-22)23-18-10-7-11-19-23;1-16(2)12-8-4-6-10-14(12)17(3)15-11-7-5-9-13(15)16/h4-6,8-10,12-21H,7,11H2,1-3H3;4-11H,1-3H3/b14-4-,15-5-;. The van der Waals surface area contributed by atoms with Crippen LogP contribution in [-0.2, 0) is 10.8 Å². The van der Waals surface area contributed by atoms with Gasteiger partial charge in [-0.15, -0.1) is 0 Å². The summed E-state index contributed by atoms with van der Waals surface area (Å²) in [6.45, 7) is 8.82. The number of hydrogen-bond acceptors (Lipinski definition) is 2. The molecule has 3 aliphatic rings. The van der Waals surface area contributed by atoms with E-state index in [1.54, 1.807) is 0 Å². The molecule has 4 aromatic rings. The molecule has 1 aliphatic carbocycles. The molecule has 2 heterocycles. The van der Waals surface area contributed by atoms with Crippen molar-refractivity contribution < 1.29 is 0 Å². The number of para-hydroxylation sites is 3. The van der Waals surface area contributed by atoms with Crippen LogP contribution in [0.2, 0.25) is 0 Å². The number of anilines is 3. The number of benzene rings is 4. The SMILES string of the molecule is CN1c2ccccc2C(C)(C)c2ccccc21.C\C=C/C1=C(\C=C/C)C(C2=CCCC=C2)(c2ccccc2)c2ccccc2N1C. The first-order valence-corrected chi connectivity index (χ1v) is 16.6. The molecule has 0 aromatic heterocycles. The lowest BCUT2D eigenvalue weighted by atomic mass is 9.60. The molecular formula is C44H46N2. The van der Waals surface area contributed by atoms with Crippen molar-refractivity contribution in [2.45, 2.75) is 51.4 Å². The molecule has 0 fully saturated rings. The van der Waals surface area contributed by atoms with Crippen molar-refractivity contribution in [3.8, 4) is 0 Å². The largest absolute Gasteiger partial charge is 0.344 e. The van der Waals surface area contributed by atoms with Crippen molar-refractivity contribution in [3.63, 3.8) is 0 Å². The first-order valence-electron chi connectivity index (χ1n) is 16.6. The third kappa shape index (κ3) is 5.07. The zero-order valence-corrected chi connectivity index (χ0v) is 28.2. The second kappa shape index (κ2) is 12.9. The summed E-state index contributed by atoms with van der Waals surface area (Å²) < 4.78 is 0. The van der Waals surface area contributed by atoms with Crippen molar-refractivity contribution in [1.82, 2.24) is 0 Å². The molecule has 0 bridgehead atoms. The van der Waals surface area contributed by atoms with E-state index in [1.807, 2.05) is 0 Å². The van der Waals surface area contributed by atoms with Crippen molar-refractivity contribution in [2.24, 2.45) is 0 Å². The predicted molar refractivity (Wildman–Crippen MR) is 198 cm³/mol. The van der Waals surface area contributed by atoms with Gasteiger partial charge >= 0.3 is 0 Å². The lowest BCUT2D eigenvalue weighted by Gasteiger charge is -2.46. The molecule has 2 nitrogen and oxygen atoms in total. The van der Waals surface area contributed by atoms with Gasteiger partial charge in [0.05, 0.1) is 5.41 Å². The molecule has 0 spiro atoms. The van der Waals surface area contributed by atoms with Crippen molar-refractivity contribution >= 4 is 17.1 Å². The summed E-state index contributed by atoms with van der Waals surface area (Å²) in [6, 6.07) is 37.2. The van der Waals surface area contributed by atoms with E-state index in [1.165, 1.54) is 56.2 Å². The van der Waals surface area contributed by atoms with Gasteiger partial charge in [0.1, 0.15) is 0 Å². The van der Waals surface area contributed by atoms with Crippen LogP contribution in [0.15, 0.2) is 163 Å². The Labute approximate surface area is 276 Å². The maximum atomic E-state index is 2.44. The number of likely N-dealkylation sites (N-methyl/N-ethyl adjacent to an activating group) is 1. The zero-order valence-electron chi connectivity index (χ0n) is 28.2. The van der Waals surface area contributed by atoms with Gasteiger partial charge in [0.15, 0.2) is 0 Å². The first kappa shape index (κ1) is 31.2. The molecule has 46 heavy (non-hydrogen) atoms. The van der Waals surface area contributed by atoms with Gasteiger partial charge in [-0.05, 0) is 84.4 Å². The fraction of sp³-hybridized carbons (Fsp3) is 0.227.